The second kappa shape index (κ2) is 5.10. The molecule has 82 valence electrons. The van der Waals surface area contributed by atoms with E-state index in [1.165, 1.54) is 5.56 Å². The van der Waals surface area contributed by atoms with Gasteiger partial charge < -0.3 is 9.84 Å². The van der Waals surface area contributed by atoms with Gasteiger partial charge in [-0.25, -0.2) is 0 Å². The molecule has 1 aromatic rings. The van der Waals surface area contributed by atoms with E-state index in [9.17, 15) is 5.11 Å². The van der Waals surface area contributed by atoms with E-state index in [1.54, 1.807) is 0 Å². The van der Waals surface area contributed by atoms with Crippen LogP contribution in [-0.2, 0) is 4.74 Å². The Kier molecular flexibility index (Phi) is 3.78. The lowest BCUT2D eigenvalue weighted by Crippen LogP contribution is -2.29. The van der Waals surface area contributed by atoms with Gasteiger partial charge in [0.25, 0.3) is 0 Å². The molecule has 1 atom stereocenters. The summed E-state index contributed by atoms with van der Waals surface area (Å²) >= 11 is 3.53. The standard InChI is InChI=1S/C12H15BrO2/c13-12-4-2-1-3-11(12)10(6-14)5-9-7-15-8-9/h1-4,9-10,14H,5-8H2. The predicted molar refractivity (Wildman–Crippen MR) is 62.9 cm³/mol. The topological polar surface area (TPSA) is 29.5 Å². The van der Waals surface area contributed by atoms with Crippen molar-refractivity contribution >= 4 is 15.9 Å². The van der Waals surface area contributed by atoms with E-state index >= 15 is 0 Å². The van der Waals surface area contributed by atoms with Crippen LogP contribution in [0.15, 0.2) is 28.7 Å². The van der Waals surface area contributed by atoms with Gasteiger partial charge in [0.2, 0.25) is 0 Å². The highest BCUT2D eigenvalue weighted by atomic mass is 79.9. The summed E-state index contributed by atoms with van der Waals surface area (Å²) in [6.45, 7) is 1.90. The van der Waals surface area contributed by atoms with Gasteiger partial charge >= 0.3 is 0 Å². The van der Waals surface area contributed by atoms with Crippen molar-refractivity contribution in [2.75, 3.05) is 19.8 Å². The molecule has 1 aliphatic heterocycles. The summed E-state index contributed by atoms with van der Waals surface area (Å²) < 4.78 is 6.24. The van der Waals surface area contributed by atoms with Crippen molar-refractivity contribution in [3.8, 4) is 0 Å². The average molecular weight is 271 g/mol. The van der Waals surface area contributed by atoms with Gasteiger partial charge in [0, 0.05) is 22.9 Å². The van der Waals surface area contributed by atoms with E-state index < -0.39 is 0 Å². The molecule has 1 unspecified atom stereocenters. The van der Waals surface area contributed by atoms with Gasteiger partial charge in [-0.2, -0.15) is 0 Å². The van der Waals surface area contributed by atoms with Crippen LogP contribution in [0.2, 0.25) is 0 Å². The van der Waals surface area contributed by atoms with Gasteiger partial charge in [-0.1, -0.05) is 34.1 Å². The maximum Gasteiger partial charge on any atom is 0.0516 e. The summed E-state index contributed by atoms with van der Waals surface area (Å²) in [6.07, 6.45) is 1.01. The summed E-state index contributed by atoms with van der Waals surface area (Å²) in [5.41, 5.74) is 1.20. The molecule has 0 radical (unpaired) electrons. The van der Waals surface area contributed by atoms with Crippen LogP contribution in [0, 0.1) is 5.92 Å². The fraction of sp³-hybridized carbons (Fsp3) is 0.500. The number of hydrogen-bond donors (Lipinski definition) is 1. The summed E-state index contributed by atoms with van der Waals surface area (Å²) in [6, 6.07) is 8.11. The average Bonchev–Trinajstić information content (AvgIpc) is 2.19. The maximum atomic E-state index is 9.41. The summed E-state index contributed by atoms with van der Waals surface area (Å²) in [5.74, 6) is 0.851. The second-order valence-corrected chi connectivity index (χ2v) is 4.89. The second-order valence-electron chi connectivity index (χ2n) is 4.04. The Morgan fingerprint density at radius 1 is 1.40 bits per heavy atom. The van der Waals surface area contributed by atoms with Crippen LogP contribution < -0.4 is 0 Å². The highest BCUT2D eigenvalue weighted by Gasteiger charge is 2.24. The fourth-order valence-corrected chi connectivity index (χ4v) is 2.54. The van der Waals surface area contributed by atoms with Gasteiger partial charge in [-0.15, -0.1) is 0 Å². The molecule has 1 N–H and O–H groups in total. The Balaban J connectivity index is 2.07. The van der Waals surface area contributed by atoms with Crippen molar-refractivity contribution in [2.24, 2.45) is 5.92 Å². The first kappa shape index (κ1) is 11.1. The Morgan fingerprint density at radius 2 is 2.13 bits per heavy atom. The molecule has 0 bridgehead atoms. The predicted octanol–water partition coefficient (Wildman–Crippen LogP) is 2.56. The number of hydrogen-bond acceptors (Lipinski definition) is 2. The van der Waals surface area contributed by atoms with E-state index in [4.69, 9.17) is 4.74 Å². The maximum absolute atomic E-state index is 9.41. The first-order valence-corrected chi connectivity index (χ1v) is 6.03. The minimum absolute atomic E-state index is 0.207. The lowest BCUT2D eigenvalue weighted by Gasteiger charge is -2.29. The third kappa shape index (κ3) is 2.60. The Morgan fingerprint density at radius 3 is 2.67 bits per heavy atom. The molecule has 3 heteroatoms. The zero-order valence-corrected chi connectivity index (χ0v) is 10.1. The van der Waals surface area contributed by atoms with Crippen molar-refractivity contribution in [3.05, 3.63) is 34.3 Å². The number of aliphatic hydroxyl groups excluding tert-OH is 1. The molecule has 0 amide bonds. The van der Waals surface area contributed by atoms with Crippen molar-refractivity contribution in [2.45, 2.75) is 12.3 Å². The summed E-state index contributed by atoms with van der Waals surface area (Å²) in [5, 5.41) is 9.41. The van der Waals surface area contributed by atoms with Crippen molar-refractivity contribution in [3.63, 3.8) is 0 Å². The summed E-state index contributed by atoms with van der Waals surface area (Å²) in [4.78, 5) is 0. The number of benzene rings is 1. The molecule has 0 spiro atoms. The Hall–Kier alpha value is -0.380. The first-order valence-electron chi connectivity index (χ1n) is 5.24. The van der Waals surface area contributed by atoms with Crippen LogP contribution in [0.25, 0.3) is 0 Å². The first-order chi connectivity index (χ1) is 7.31. The van der Waals surface area contributed by atoms with Gasteiger partial charge in [-0.3, -0.25) is 0 Å². The molecule has 1 aliphatic rings. The molecule has 2 nitrogen and oxygen atoms in total. The normalized spacial score (nSPS) is 18.5. The lowest BCUT2D eigenvalue weighted by atomic mass is 9.88. The zero-order chi connectivity index (χ0) is 10.7. The SMILES string of the molecule is OCC(CC1COC1)c1ccccc1Br. The summed E-state index contributed by atoms with van der Waals surface area (Å²) in [7, 11) is 0. The van der Waals surface area contributed by atoms with E-state index in [1.807, 2.05) is 18.2 Å². The smallest absolute Gasteiger partial charge is 0.0516 e. The molecule has 1 fully saturated rings. The molecule has 0 aliphatic carbocycles. The monoisotopic (exact) mass is 270 g/mol. The molecular weight excluding hydrogens is 256 g/mol. The number of halogens is 1. The van der Waals surface area contributed by atoms with Crippen LogP contribution in [0.1, 0.15) is 17.9 Å². The van der Waals surface area contributed by atoms with Crippen LogP contribution in [0.3, 0.4) is 0 Å². The van der Waals surface area contributed by atoms with Crippen LogP contribution in [-0.4, -0.2) is 24.9 Å². The highest BCUT2D eigenvalue weighted by Crippen LogP contribution is 2.31. The molecule has 1 aromatic carbocycles. The minimum Gasteiger partial charge on any atom is -0.396 e. The molecule has 0 aromatic heterocycles. The molecule has 1 saturated heterocycles. The zero-order valence-electron chi connectivity index (χ0n) is 8.53. The number of aliphatic hydroxyl groups is 1. The highest BCUT2D eigenvalue weighted by molar-refractivity contribution is 9.10. The van der Waals surface area contributed by atoms with Crippen LogP contribution >= 0.6 is 15.9 Å². The van der Waals surface area contributed by atoms with Gasteiger partial charge in [-0.05, 0) is 18.1 Å². The van der Waals surface area contributed by atoms with Crippen molar-refractivity contribution < 1.29 is 9.84 Å². The van der Waals surface area contributed by atoms with Gasteiger partial charge in [0.15, 0.2) is 0 Å². The van der Waals surface area contributed by atoms with E-state index in [0.29, 0.717) is 5.92 Å². The molecule has 1 heterocycles. The van der Waals surface area contributed by atoms with E-state index in [0.717, 1.165) is 24.1 Å². The Labute approximate surface area is 98.4 Å². The quantitative estimate of drug-likeness (QED) is 0.912. The van der Waals surface area contributed by atoms with Crippen LogP contribution in [0.4, 0.5) is 0 Å². The van der Waals surface area contributed by atoms with Crippen molar-refractivity contribution in [1.82, 2.24) is 0 Å². The molecule has 15 heavy (non-hydrogen) atoms. The third-order valence-corrected chi connectivity index (χ3v) is 3.61. The van der Waals surface area contributed by atoms with Crippen molar-refractivity contribution in [1.29, 1.82) is 0 Å². The molecule has 0 saturated carbocycles. The lowest BCUT2D eigenvalue weighted by molar-refractivity contribution is -0.0405. The van der Waals surface area contributed by atoms with E-state index in [2.05, 4.69) is 22.0 Å². The largest absolute Gasteiger partial charge is 0.396 e. The van der Waals surface area contributed by atoms with E-state index in [-0.39, 0.29) is 12.5 Å². The Bertz CT molecular complexity index is 323. The fourth-order valence-electron chi connectivity index (χ4n) is 1.93. The van der Waals surface area contributed by atoms with Crippen LogP contribution in [0.5, 0.6) is 0 Å². The molecular formula is C12H15BrO2. The third-order valence-electron chi connectivity index (χ3n) is 2.89. The minimum atomic E-state index is 0.207. The molecule has 2 rings (SSSR count). The van der Waals surface area contributed by atoms with Gasteiger partial charge in [0.1, 0.15) is 0 Å². The number of rotatable bonds is 4. The number of ether oxygens (including phenoxy) is 1. The van der Waals surface area contributed by atoms with Gasteiger partial charge in [0.05, 0.1) is 13.2 Å².